The molecule has 1 aromatic rings. The number of hydrogen-bond acceptors (Lipinski definition) is 4. The van der Waals surface area contributed by atoms with E-state index in [0.717, 1.165) is 12.8 Å². The Morgan fingerprint density at radius 2 is 2.12 bits per heavy atom. The van der Waals surface area contributed by atoms with E-state index in [2.05, 4.69) is 4.72 Å². The summed E-state index contributed by atoms with van der Waals surface area (Å²) in [6, 6.07) is 3.83. The number of anilines is 1. The predicted octanol–water partition coefficient (Wildman–Crippen LogP) is 1.05. The molecule has 0 radical (unpaired) electrons. The van der Waals surface area contributed by atoms with Gasteiger partial charge in [-0.1, -0.05) is 0 Å². The van der Waals surface area contributed by atoms with Gasteiger partial charge in [-0.15, -0.1) is 0 Å². The monoisotopic (exact) mass is 256 g/mol. The third kappa shape index (κ3) is 2.70. The average Bonchev–Trinajstić information content (AvgIpc) is 3.04. The summed E-state index contributed by atoms with van der Waals surface area (Å²) >= 11 is 0. The van der Waals surface area contributed by atoms with Crippen molar-refractivity contribution in [1.29, 1.82) is 0 Å². The smallest absolute Gasteiger partial charge is 0.240 e. The summed E-state index contributed by atoms with van der Waals surface area (Å²) in [5.74, 6) is 0.332. The van der Waals surface area contributed by atoms with Crippen molar-refractivity contribution in [2.75, 3.05) is 5.73 Å². The first-order chi connectivity index (χ1) is 7.90. The first kappa shape index (κ1) is 12.2. The SMILES string of the molecule is CC(NS(=O)(=O)c1ccc(O)c(N)c1)C1CC1. The van der Waals surface area contributed by atoms with Gasteiger partial charge < -0.3 is 10.8 Å². The Morgan fingerprint density at radius 1 is 1.47 bits per heavy atom. The molecule has 4 N–H and O–H groups in total. The maximum Gasteiger partial charge on any atom is 0.240 e. The van der Waals surface area contributed by atoms with E-state index in [-0.39, 0.29) is 22.4 Å². The molecular formula is C11H16N2O3S. The number of benzene rings is 1. The predicted molar refractivity (Wildman–Crippen MR) is 65.0 cm³/mol. The van der Waals surface area contributed by atoms with Crippen LogP contribution in [-0.4, -0.2) is 19.6 Å². The van der Waals surface area contributed by atoms with Crippen LogP contribution in [0.1, 0.15) is 19.8 Å². The van der Waals surface area contributed by atoms with Crippen LogP contribution in [0.25, 0.3) is 0 Å². The number of nitrogen functional groups attached to an aromatic ring is 1. The lowest BCUT2D eigenvalue weighted by Gasteiger charge is -2.13. The first-order valence-corrected chi connectivity index (χ1v) is 6.99. The molecule has 0 heterocycles. The summed E-state index contributed by atoms with van der Waals surface area (Å²) in [6.07, 6.45) is 2.14. The van der Waals surface area contributed by atoms with Crippen molar-refractivity contribution in [3.8, 4) is 5.75 Å². The van der Waals surface area contributed by atoms with Crippen LogP contribution in [0.4, 0.5) is 5.69 Å². The number of phenols is 1. The molecule has 6 heteroatoms. The molecule has 17 heavy (non-hydrogen) atoms. The zero-order valence-electron chi connectivity index (χ0n) is 9.55. The molecule has 5 nitrogen and oxygen atoms in total. The van der Waals surface area contributed by atoms with E-state index in [1.807, 2.05) is 6.92 Å². The van der Waals surface area contributed by atoms with Crippen molar-refractivity contribution < 1.29 is 13.5 Å². The van der Waals surface area contributed by atoms with Crippen LogP contribution in [0.3, 0.4) is 0 Å². The second kappa shape index (κ2) is 4.19. The summed E-state index contributed by atoms with van der Waals surface area (Å²) in [5, 5.41) is 9.25. The minimum atomic E-state index is -3.54. The van der Waals surface area contributed by atoms with Crippen LogP contribution in [0.15, 0.2) is 23.1 Å². The summed E-state index contributed by atoms with van der Waals surface area (Å²) in [6.45, 7) is 1.86. The third-order valence-corrected chi connectivity index (χ3v) is 4.54. The normalized spacial score (nSPS) is 17.9. The van der Waals surface area contributed by atoms with Crippen molar-refractivity contribution >= 4 is 15.7 Å². The highest BCUT2D eigenvalue weighted by molar-refractivity contribution is 7.89. The molecule has 0 aromatic heterocycles. The molecular weight excluding hydrogens is 240 g/mol. The molecule has 2 rings (SSSR count). The fourth-order valence-electron chi connectivity index (χ4n) is 1.70. The van der Waals surface area contributed by atoms with Gasteiger partial charge in [-0.2, -0.15) is 0 Å². The minimum Gasteiger partial charge on any atom is -0.506 e. The van der Waals surface area contributed by atoms with Gasteiger partial charge >= 0.3 is 0 Å². The molecule has 1 aromatic carbocycles. The Balaban J connectivity index is 2.21. The zero-order chi connectivity index (χ0) is 12.6. The van der Waals surface area contributed by atoms with E-state index >= 15 is 0 Å². The second-order valence-electron chi connectivity index (χ2n) is 4.47. The largest absolute Gasteiger partial charge is 0.506 e. The van der Waals surface area contributed by atoms with Crippen LogP contribution in [0.5, 0.6) is 5.75 Å². The minimum absolute atomic E-state index is 0.0602. The number of sulfonamides is 1. The fourth-order valence-corrected chi connectivity index (χ4v) is 3.05. The zero-order valence-corrected chi connectivity index (χ0v) is 10.4. The van der Waals surface area contributed by atoms with E-state index in [1.165, 1.54) is 18.2 Å². The Kier molecular flexibility index (Phi) is 3.01. The highest BCUT2D eigenvalue weighted by Crippen LogP contribution is 2.33. The molecule has 94 valence electrons. The number of nitrogens with two attached hydrogens (primary N) is 1. The Morgan fingerprint density at radius 3 is 2.65 bits per heavy atom. The number of aromatic hydroxyl groups is 1. The van der Waals surface area contributed by atoms with Crippen LogP contribution in [-0.2, 0) is 10.0 Å². The van der Waals surface area contributed by atoms with Crippen molar-refractivity contribution in [2.24, 2.45) is 5.92 Å². The maximum atomic E-state index is 12.0. The molecule has 0 spiro atoms. The standard InChI is InChI=1S/C11H16N2O3S/c1-7(8-2-3-8)13-17(15,16)9-4-5-11(14)10(12)6-9/h4-8,13-14H,2-3,12H2,1H3. The van der Waals surface area contributed by atoms with Crippen molar-refractivity contribution in [3.63, 3.8) is 0 Å². The van der Waals surface area contributed by atoms with Crippen LogP contribution >= 0.6 is 0 Å². The van der Waals surface area contributed by atoms with E-state index in [9.17, 15) is 13.5 Å². The van der Waals surface area contributed by atoms with Crippen LogP contribution in [0, 0.1) is 5.92 Å². The summed E-state index contributed by atoms with van der Waals surface area (Å²) < 4.78 is 26.6. The lowest BCUT2D eigenvalue weighted by atomic mass is 10.2. The first-order valence-electron chi connectivity index (χ1n) is 5.51. The molecule has 0 saturated heterocycles. The lowest BCUT2D eigenvalue weighted by Crippen LogP contribution is -2.34. The van der Waals surface area contributed by atoms with Gasteiger partial charge in [-0.25, -0.2) is 13.1 Å². The van der Waals surface area contributed by atoms with Crippen molar-refractivity contribution in [1.82, 2.24) is 4.72 Å². The number of hydrogen-bond donors (Lipinski definition) is 3. The van der Waals surface area contributed by atoms with E-state index in [4.69, 9.17) is 5.73 Å². The Hall–Kier alpha value is -1.27. The van der Waals surface area contributed by atoms with Crippen molar-refractivity contribution in [3.05, 3.63) is 18.2 Å². The highest BCUT2D eigenvalue weighted by atomic mass is 32.2. The molecule has 1 saturated carbocycles. The summed E-state index contributed by atoms with van der Waals surface area (Å²) in [7, 11) is -3.54. The molecule has 1 fully saturated rings. The quantitative estimate of drug-likeness (QED) is 0.554. The molecule has 0 aliphatic heterocycles. The van der Waals surface area contributed by atoms with Gasteiger partial charge in [0, 0.05) is 6.04 Å². The topological polar surface area (TPSA) is 92.4 Å². The average molecular weight is 256 g/mol. The van der Waals surface area contributed by atoms with Crippen LogP contribution < -0.4 is 10.5 Å². The van der Waals surface area contributed by atoms with Gasteiger partial charge in [-0.05, 0) is 43.9 Å². The van der Waals surface area contributed by atoms with Gasteiger partial charge in [0.25, 0.3) is 0 Å². The van der Waals surface area contributed by atoms with E-state index in [0.29, 0.717) is 5.92 Å². The van der Waals surface area contributed by atoms with Gasteiger partial charge in [0.2, 0.25) is 10.0 Å². The van der Waals surface area contributed by atoms with Gasteiger partial charge in [0.15, 0.2) is 0 Å². The maximum absolute atomic E-state index is 12.0. The second-order valence-corrected chi connectivity index (χ2v) is 6.18. The molecule has 0 amide bonds. The summed E-state index contributed by atoms with van der Waals surface area (Å²) in [4.78, 5) is 0.0836. The third-order valence-electron chi connectivity index (χ3n) is 2.98. The van der Waals surface area contributed by atoms with E-state index in [1.54, 1.807) is 0 Å². The van der Waals surface area contributed by atoms with E-state index < -0.39 is 10.0 Å². The van der Waals surface area contributed by atoms with Crippen molar-refractivity contribution in [2.45, 2.75) is 30.7 Å². The van der Waals surface area contributed by atoms with Crippen LogP contribution in [0.2, 0.25) is 0 Å². The van der Waals surface area contributed by atoms with Gasteiger partial charge in [0.1, 0.15) is 5.75 Å². The molecule has 1 atom stereocenters. The molecule has 1 aliphatic carbocycles. The van der Waals surface area contributed by atoms with Gasteiger partial charge in [0.05, 0.1) is 10.6 Å². The molecule has 1 unspecified atom stereocenters. The molecule has 1 aliphatic rings. The summed E-state index contributed by atoms with van der Waals surface area (Å²) in [5.41, 5.74) is 5.54. The Bertz CT molecular complexity index is 524. The lowest BCUT2D eigenvalue weighted by molar-refractivity contribution is 0.477. The number of phenolic OH excluding ortho intramolecular Hbond substituents is 1. The molecule has 0 bridgehead atoms. The number of nitrogens with one attached hydrogen (secondary N) is 1. The number of rotatable bonds is 4. The fraction of sp³-hybridized carbons (Fsp3) is 0.455. The van der Waals surface area contributed by atoms with Gasteiger partial charge in [-0.3, -0.25) is 0 Å². The Labute approximate surface area is 101 Å². The highest BCUT2D eigenvalue weighted by Gasteiger charge is 2.31.